The number of hydrogen-bond acceptors (Lipinski definition) is 0. The molecule has 0 fully saturated rings. The molecule has 0 aliphatic heterocycles. The van der Waals surface area contributed by atoms with Crippen LogP contribution in [-0.4, -0.2) is 0 Å². The van der Waals surface area contributed by atoms with Crippen LogP contribution in [-0.2, 0) is 0 Å². The summed E-state index contributed by atoms with van der Waals surface area (Å²) in [5.74, 6) is 0. The molecule has 16 aromatic carbocycles. The average Bonchev–Trinajstić information content (AvgIpc) is 1.27. The molecule has 96 heavy (non-hydrogen) atoms. The summed E-state index contributed by atoms with van der Waals surface area (Å²) in [6.07, 6.45) is 0. The maximum Gasteiger partial charge on any atom is -0.0172 e. The van der Waals surface area contributed by atoms with E-state index in [4.69, 9.17) is 0 Å². The Balaban J connectivity index is 0.849. The first-order valence-corrected chi connectivity index (χ1v) is 33.3. The Hall–Kier alpha value is -12.5. The van der Waals surface area contributed by atoms with Crippen molar-refractivity contribution in [3.05, 3.63) is 364 Å². The molecule has 0 atom stereocenters. The zero-order valence-electron chi connectivity index (χ0n) is 52.6. The summed E-state index contributed by atoms with van der Waals surface area (Å²) in [5.41, 5.74) is 42.1. The van der Waals surface area contributed by atoms with E-state index in [1.165, 1.54) is 200 Å². The Kier molecular flexibility index (Phi) is 13.0. The van der Waals surface area contributed by atoms with Gasteiger partial charge in [0.2, 0.25) is 0 Å². The molecule has 0 aromatic heterocycles. The fourth-order valence-electron chi connectivity index (χ4n) is 14.8. The van der Waals surface area contributed by atoms with Gasteiger partial charge in [-0.3, -0.25) is 0 Å². The van der Waals surface area contributed by atoms with Gasteiger partial charge in [0.1, 0.15) is 0 Å². The molecule has 0 spiro atoms. The van der Waals surface area contributed by atoms with E-state index >= 15 is 0 Å². The summed E-state index contributed by atoms with van der Waals surface area (Å²) in [6.45, 7) is 0. The lowest BCUT2D eigenvalue weighted by Crippen LogP contribution is -1.88. The molecule has 43 aliphatic carbocycles. The van der Waals surface area contributed by atoms with Crippen LogP contribution in [0.2, 0.25) is 0 Å². The summed E-state index contributed by atoms with van der Waals surface area (Å²) in [4.78, 5) is 0. The first-order chi connectivity index (χ1) is 47.4. The van der Waals surface area contributed by atoms with Gasteiger partial charge in [-0.05, 0) is 273 Å². The third kappa shape index (κ3) is 10.2. The second-order valence-electron chi connectivity index (χ2n) is 26.1. The largest absolute Gasteiger partial charge is 0.0538 e. The highest BCUT2D eigenvalue weighted by molar-refractivity contribution is 5.90. The molecule has 0 N–H and O–H groups in total. The van der Waals surface area contributed by atoms with Gasteiger partial charge in [0.15, 0.2) is 0 Å². The molecule has 0 unspecified atom stereocenters. The quantitative estimate of drug-likeness (QED) is 0.142. The fourth-order valence-corrected chi connectivity index (χ4v) is 14.8. The van der Waals surface area contributed by atoms with Crippen molar-refractivity contribution in [2.45, 2.75) is 0 Å². The average molecular weight is 1210 g/mol. The summed E-state index contributed by atoms with van der Waals surface area (Å²) in [7, 11) is 0. The maximum absolute atomic E-state index is 2.36. The summed E-state index contributed by atoms with van der Waals surface area (Å²) >= 11 is 0. The van der Waals surface area contributed by atoms with E-state index in [2.05, 4.69) is 364 Å². The van der Waals surface area contributed by atoms with E-state index < -0.39 is 0 Å². The van der Waals surface area contributed by atoms with Crippen LogP contribution in [0.15, 0.2) is 364 Å². The molecule has 0 heteroatoms. The van der Waals surface area contributed by atoms with Gasteiger partial charge in [-0.2, -0.15) is 0 Å². The van der Waals surface area contributed by atoms with Gasteiger partial charge in [0.25, 0.3) is 0 Å². The molecule has 0 nitrogen and oxygen atoms in total. The Morgan fingerprint density at radius 2 is 0.0938 bits per heavy atom. The van der Waals surface area contributed by atoms with E-state index in [0.29, 0.717) is 0 Å². The van der Waals surface area contributed by atoms with Gasteiger partial charge in [-0.1, -0.05) is 291 Å². The van der Waals surface area contributed by atoms with Crippen LogP contribution in [0.5, 0.6) is 0 Å². The van der Waals surface area contributed by atoms with Crippen LogP contribution >= 0.6 is 0 Å². The normalized spacial score (nSPS) is 11.8. The van der Waals surface area contributed by atoms with Crippen LogP contribution in [0.3, 0.4) is 0 Å². The van der Waals surface area contributed by atoms with Crippen molar-refractivity contribution in [2.75, 3.05) is 0 Å². The Morgan fingerprint density at radius 3 is 0.146 bits per heavy atom. The predicted octanol–water partition coefficient (Wildman–Crippen LogP) is 26.6. The minimum atomic E-state index is 1.17. The molecule has 0 heterocycles. The fraction of sp³-hybridized carbons (Fsp3) is 0. The maximum atomic E-state index is 2.36. The highest BCUT2D eigenvalue weighted by Crippen LogP contribution is 2.43. The minimum Gasteiger partial charge on any atom is -0.0538 e. The van der Waals surface area contributed by atoms with E-state index in [0.717, 1.165) is 0 Å². The van der Waals surface area contributed by atoms with E-state index in [1.807, 2.05) is 0 Å². The summed E-state index contributed by atoms with van der Waals surface area (Å²) in [6, 6.07) is 138. The number of hydrogen-bond donors (Lipinski definition) is 0. The van der Waals surface area contributed by atoms with Crippen molar-refractivity contribution in [2.24, 2.45) is 0 Å². The van der Waals surface area contributed by atoms with Crippen molar-refractivity contribution < 1.29 is 0 Å². The van der Waals surface area contributed by atoms with Crippen LogP contribution in [0.25, 0.3) is 200 Å². The molecule has 0 saturated heterocycles. The van der Waals surface area contributed by atoms with E-state index in [9.17, 15) is 0 Å². The second-order valence-corrected chi connectivity index (χ2v) is 26.1. The van der Waals surface area contributed by atoms with Gasteiger partial charge in [0, 0.05) is 0 Å². The van der Waals surface area contributed by atoms with Crippen LogP contribution in [0.1, 0.15) is 0 Å². The molecular formula is C96H60. The van der Waals surface area contributed by atoms with Gasteiger partial charge < -0.3 is 0 Å². The third-order valence-electron chi connectivity index (χ3n) is 20.4. The molecule has 444 valence electrons. The molecule has 0 radical (unpaired) electrons. The van der Waals surface area contributed by atoms with Crippen LogP contribution < -0.4 is 0 Å². The topological polar surface area (TPSA) is 0 Å². The molecule has 0 saturated carbocycles. The SMILES string of the molecule is c1cc2ccc1-c1ccc(cc1)-c1cc3cc(c1)-c1ccc(cc1)-c1ccc(cc1)-c1cc4cc(c1)-c1ccc(cc1)-c1ccc(cc1)-c1cc(cc(c1)-c1ccc(cc1)-c1ccc-3cc1)-c1ccc(cc1)-c1ccc(cc1)-c1cc-2cc(c1)-c1ccc(cc1)-c1ccc-4cc1. The van der Waals surface area contributed by atoms with Gasteiger partial charge in [-0.15, -0.1) is 0 Å². The molecule has 16 aromatic rings. The monoisotopic (exact) mass is 1210 g/mol. The lowest BCUT2D eigenvalue weighted by molar-refractivity contribution is 1.54. The standard InChI is InChI=1S/C96H60/c1-25-73-26-2-61(1)62-3-27-74(28-4-62)88-52-89-54-90(53-88)78-35-11-68(12-36-78)70-19-43-82(44-20-70)94-56-92-58-96(60-94)84-47-23-72(24-48-84)71-21-45-83(46-22-71)95-57-91(55-93(59-95)81-41-17-69(18-42-81)67-9-33-77(89)34-10-67)79-37-13-65(14-38-79)63-5-29-75(30-6-63)86-49-85(73)50-87(51-86)76-31-7-64(8-32-76)66-15-39-80(92)40-16-66/h1-60H. The zero-order chi connectivity index (χ0) is 63.2. The van der Waals surface area contributed by atoms with E-state index in [-0.39, 0.29) is 0 Å². The zero-order valence-corrected chi connectivity index (χ0v) is 52.6. The van der Waals surface area contributed by atoms with Gasteiger partial charge in [-0.25, -0.2) is 0 Å². The van der Waals surface area contributed by atoms with E-state index in [1.54, 1.807) is 0 Å². The Morgan fingerprint density at radius 1 is 0.0521 bits per heavy atom. The first-order valence-electron chi connectivity index (χ1n) is 33.3. The number of benzene rings is 16. The Bertz CT molecular complexity index is 4310. The van der Waals surface area contributed by atoms with Crippen molar-refractivity contribution in [3.63, 3.8) is 0 Å². The Labute approximate surface area is 560 Å². The van der Waals surface area contributed by atoms with Crippen molar-refractivity contribution in [1.82, 2.24) is 0 Å². The highest BCUT2D eigenvalue weighted by Gasteiger charge is 2.17. The lowest BCUT2D eigenvalue weighted by Gasteiger charge is -2.14. The minimum absolute atomic E-state index is 1.17. The smallest absolute Gasteiger partial charge is 0.0172 e. The third-order valence-corrected chi connectivity index (χ3v) is 20.4. The molecule has 0 amide bonds. The van der Waals surface area contributed by atoms with Crippen molar-refractivity contribution in [3.8, 4) is 200 Å². The predicted molar refractivity (Wildman–Crippen MR) is 405 cm³/mol. The number of rotatable bonds is 0. The first kappa shape index (κ1) is 55.2. The van der Waals surface area contributed by atoms with Crippen LogP contribution in [0, 0.1) is 0 Å². The second kappa shape index (κ2) is 22.7. The molecule has 43 aliphatic rings. The molecular weight excluding hydrogens is 1150 g/mol. The van der Waals surface area contributed by atoms with Crippen molar-refractivity contribution >= 4 is 0 Å². The summed E-state index contributed by atoms with van der Waals surface area (Å²) < 4.78 is 0. The highest BCUT2D eigenvalue weighted by atomic mass is 14.2. The van der Waals surface area contributed by atoms with Crippen LogP contribution in [0.4, 0.5) is 0 Å². The lowest BCUT2D eigenvalue weighted by atomic mass is 9.90. The summed E-state index contributed by atoms with van der Waals surface area (Å²) in [5, 5.41) is 0. The molecule has 59 rings (SSSR count). The van der Waals surface area contributed by atoms with Gasteiger partial charge >= 0.3 is 0 Å². The molecule has 36 bridgehead atoms. The van der Waals surface area contributed by atoms with Gasteiger partial charge in [0.05, 0.1) is 0 Å². The van der Waals surface area contributed by atoms with Crippen molar-refractivity contribution in [1.29, 1.82) is 0 Å².